The average Bonchev–Trinajstić information content (AvgIpc) is 3.17. The number of methoxy groups -OCH3 is 1. The largest absolute Gasteiger partial charge is 0.506 e. The lowest BCUT2D eigenvalue weighted by molar-refractivity contribution is -0.138. The molecule has 0 amide bonds. The van der Waals surface area contributed by atoms with Crippen molar-refractivity contribution in [2.75, 3.05) is 7.11 Å². The monoisotopic (exact) mass is 395 g/mol. The van der Waals surface area contributed by atoms with E-state index < -0.39 is 23.3 Å². The van der Waals surface area contributed by atoms with Gasteiger partial charge in [-0.05, 0) is 48.2 Å². The summed E-state index contributed by atoms with van der Waals surface area (Å²) < 4.78 is 21.1. The first-order valence-corrected chi connectivity index (χ1v) is 9.05. The van der Waals surface area contributed by atoms with Crippen molar-refractivity contribution in [1.29, 1.82) is 0 Å². The number of pyridine rings is 1. The van der Waals surface area contributed by atoms with Crippen molar-refractivity contribution in [2.45, 2.75) is 18.8 Å². The lowest BCUT2D eigenvalue weighted by Gasteiger charge is -2.14. The normalized spacial score (nSPS) is 15.2. The zero-order valence-electron chi connectivity index (χ0n) is 15.6. The van der Waals surface area contributed by atoms with Crippen molar-refractivity contribution in [3.8, 4) is 28.3 Å². The number of nitrogens with zero attached hydrogens (tertiary/aromatic N) is 1. The van der Waals surface area contributed by atoms with Gasteiger partial charge < -0.3 is 14.9 Å². The number of aromatic nitrogens is 1. The summed E-state index contributed by atoms with van der Waals surface area (Å²) in [5.74, 6) is -2.38. The summed E-state index contributed by atoms with van der Waals surface area (Å²) in [4.78, 5) is 24.4. The molecule has 0 fully saturated rings. The minimum atomic E-state index is -1.13. The van der Waals surface area contributed by atoms with Gasteiger partial charge in [0.15, 0.2) is 0 Å². The highest BCUT2D eigenvalue weighted by molar-refractivity contribution is 5.78. The molecule has 0 aliphatic heterocycles. The standard InChI is InChI=1S/C22H18FNO5/c1-29-14-4-2-3-12(9-14)13-5-8-18(17(23)10-13)24-11-19(25)15-6-7-16(22(27)28)20(15)21(24)26/h2-5,8-11,16,25H,6-7H2,1H3,(H,27,28). The van der Waals surface area contributed by atoms with E-state index in [-0.39, 0.29) is 23.4 Å². The molecular weight excluding hydrogens is 377 g/mol. The van der Waals surface area contributed by atoms with Gasteiger partial charge in [0, 0.05) is 11.1 Å². The van der Waals surface area contributed by atoms with Gasteiger partial charge in [0.25, 0.3) is 5.56 Å². The number of rotatable bonds is 4. The number of hydrogen-bond acceptors (Lipinski definition) is 4. The number of aromatic hydroxyl groups is 1. The summed E-state index contributed by atoms with van der Waals surface area (Å²) in [6.45, 7) is 0. The van der Waals surface area contributed by atoms with E-state index in [2.05, 4.69) is 0 Å². The molecular formula is C22H18FNO5. The molecule has 0 spiro atoms. The first-order chi connectivity index (χ1) is 13.9. The number of ether oxygens (including phenoxy) is 1. The number of benzene rings is 2. The predicted molar refractivity (Wildman–Crippen MR) is 104 cm³/mol. The Morgan fingerprint density at radius 2 is 1.97 bits per heavy atom. The number of aliphatic carboxylic acids is 1. The molecule has 1 aromatic heterocycles. The molecule has 0 saturated carbocycles. The highest BCUT2D eigenvalue weighted by Gasteiger charge is 2.34. The number of carboxylic acid groups (broad SMARTS) is 1. The lowest BCUT2D eigenvalue weighted by Crippen LogP contribution is -2.26. The molecule has 0 saturated heterocycles. The van der Waals surface area contributed by atoms with Crippen molar-refractivity contribution in [1.82, 2.24) is 4.57 Å². The van der Waals surface area contributed by atoms with Gasteiger partial charge in [0.2, 0.25) is 0 Å². The zero-order chi connectivity index (χ0) is 20.7. The van der Waals surface area contributed by atoms with Gasteiger partial charge in [-0.3, -0.25) is 14.2 Å². The van der Waals surface area contributed by atoms with E-state index in [9.17, 15) is 24.2 Å². The summed E-state index contributed by atoms with van der Waals surface area (Å²) in [5, 5.41) is 19.7. The molecule has 148 valence electrons. The van der Waals surface area contributed by atoms with Crippen molar-refractivity contribution in [3.05, 3.63) is 76.0 Å². The predicted octanol–water partition coefficient (Wildman–Crippen LogP) is 3.47. The van der Waals surface area contributed by atoms with Crippen LogP contribution >= 0.6 is 0 Å². The molecule has 1 heterocycles. The molecule has 7 heteroatoms. The van der Waals surface area contributed by atoms with Crippen LogP contribution < -0.4 is 10.3 Å². The van der Waals surface area contributed by atoms with Gasteiger partial charge >= 0.3 is 5.97 Å². The van der Waals surface area contributed by atoms with Crippen LogP contribution in [0.1, 0.15) is 23.5 Å². The molecule has 2 N–H and O–H groups in total. The second kappa shape index (κ2) is 7.09. The summed E-state index contributed by atoms with van der Waals surface area (Å²) in [7, 11) is 1.54. The van der Waals surface area contributed by atoms with Crippen LogP contribution in [0, 0.1) is 5.82 Å². The lowest BCUT2D eigenvalue weighted by atomic mass is 10.0. The molecule has 3 aromatic rings. The zero-order valence-corrected chi connectivity index (χ0v) is 15.6. The number of fused-ring (bicyclic) bond motifs is 1. The molecule has 6 nitrogen and oxygen atoms in total. The van der Waals surface area contributed by atoms with E-state index in [0.29, 0.717) is 23.3 Å². The van der Waals surface area contributed by atoms with Crippen LogP contribution in [0.4, 0.5) is 4.39 Å². The highest BCUT2D eigenvalue weighted by atomic mass is 19.1. The summed E-state index contributed by atoms with van der Waals surface area (Å²) in [5.41, 5.74) is 0.990. The van der Waals surface area contributed by atoms with E-state index in [4.69, 9.17) is 4.74 Å². The summed E-state index contributed by atoms with van der Waals surface area (Å²) in [6.07, 6.45) is 1.68. The topological polar surface area (TPSA) is 88.8 Å². The van der Waals surface area contributed by atoms with Crippen LogP contribution in [0.2, 0.25) is 0 Å². The Kier molecular flexibility index (Phi) is 4.58. The van der Waals surface area contributed by atoms with Crippen molar-refractivity contribution in [3.63, 3.8) is 0 Å². The highest BCUT2D eigenvalue weighted by Crippen LogP contribution is 2.36. The quantitative estimate of drug-likeness (QED) is 0.706. The number of carbonyl (C=O) groups is 1. The fourth-order valence-electron chi connectivity index (χ4n) is 3.82. The minimum Gasteiger partial charge on any atom is -0.506 e. The van der Waals surface area contributed by atoms with E-state index in [1.165, 1.54) is 12.1 Å². The molecule has 1 atom stereocenters. The van der Waals surface area contributed by atoms with E-state index >= 15 is 0 Å². The first kappa shape index (κ1) is 18.7. The van der Waals surface area contributed by atoms with Gasteiger partial charge in [-0.15, -0.1) is 0 Å². The SMILES string of the molecule is COc1cccc(-c2ccc(-n3cc(O)c4c(c3=O)C(C(=O)O)CC4)c(F)c2)c1. The molecule has 0 radical (unpaired) electrons. The van der Waals surface area contributed by atoms with Crippen LogP contribution in [0.3, 0.4) is 0 Å². The Labute approximate surface area is 165 Å². The first-order valence-electron chi connectivity index (χ1n) is 9.05. The Hall–Kier alpha value is -3.61. The van der Waals surface area contributed by atoms with Gasteiger partial charge in [-0.1, -0.05) is 18.2 Å². The Morgan fingerprint density at radius 3 is 2.66 bits per heavy atom. The molecule has 2 aromatic carbocycles. The van der Waals surface area contributed by atoms with Crippen LogP contribution in [-0.2, 0) is 11.2 Å². The minimum absolute atomic E-state index is 0.0220. The number of halogens is 1. The van der Waals surface area contributed by atoms with E-state index in [1.54, 1.807) is 31.4 Å². The molecule has 1 aliphatic rings. The summed E-state index contributed by atoms with van der Waals surface area (Å²) >= 11 is 0. The third-order valence-electron chi connectivity index (χ3n) is 5.27. The Balaban J connectivity index is 1.82. The van der Waals surface area contributed by atoms with Gasteiger partial charge in [-0.25, -0.2) is 4.39 Å². The Bertz CT molecular complexity index is 1180. The van der Waals surface area contributed by atoms with Crippen LogP contribution in [-0.4, -0.2) is 27.9 Å². The second-order valence-electron chi connectivity index (χ2n) is 6.91. The number of carboxylic acids is 1. The van der Waals surface area contributed by atoms with Gasteiger partial charge in [-0.2, -0.15) is 0 Å². The maximum Gasteiger partial charge on any atom is 0.311 e. The van der Waals surface area contributed by atoms with Crippen molar-refractivity contribution in [2.24, 2.45) is 0 Å². The maximum absolute atomic E-state index is 14.9. The van der Waals surface area contributed by atoms with Gasteiger partial charge in [0.05, 0.1) is 24.9 Å². The third kappa shape index (κ3) is 3.14. The molecule has 1 unspecified atom stereocenters. The second-order valence-corrected chi connectivity index (χ2v) is 6.91. The summed E-state index contributed by atoms with van der Waals surface area (Å²) in [6, 6.07) is 11.5. The number of hydrogen-bond donors (Lipinski definition) is 2. The van der Waals surface area contributed by atoms with Crippen molar-refractivity contribution < 1.29 is 24.1 Å². The third-order valence-corrected chi connectivity index (χ3v) is 5.27. The van der Waals surface area contributed by atoms with E-state index in [0.717, 1.165) is 16.3 Å². The Morgan fingerprint density at radius 1 is 1.21 bits per heavy atom. The molecule has 0 bridgehead atoms. The van der Waals surface area contributed by atoms with Crippen LogP contribution in [0.25, 0.3) is 16.8 Å². The van der Waals surface area contributed by atoms with Crippen LogP contribution in [0.15, 0.2) is 53.5 Å². The molecule has 4 rings (SSSR count). The maximum atomic E-state index is 14.9. The van der Waals surface area contributed by atoms with Gasteiger partial charge in [0.1, 0.15) is 17.3 Å². The van der Waals surface area contributed by atoms with Crippen molar-refractivity contribution >= 4 is 5.97 Å². The van der Waals surface area contributed by atoms with E-state index in [1.807, 2.05) is 6.07 Å². The van der Waals surface area contributed by atoms with Crippen LogP contribution in [0.5, 0.6) is 11.5 Å². The fraction of sp³-hybridized carbons (Fsp3) is 0.182. The fourth-order valence-corrected chi connectivity index (χ4v) is 3.82. The smallest absolute Gasteiger partial charge is 0.311 e. The molecule has 1 aliphatic carbocycles. The molecule has 29 heavy (non-hydrogen) atoms. The average molecular weight is 395 g/mol.